The zero-order valence-electron chi connectivity index (χ0n) is 8.05. The molecular weight excluding hydrogens is 188 g/mol. The maximum atomic E-state index is 11.1. The van der Waals surface area contributed by atoms with Gasteiger partial charge in [-0.1, -0.05) is 18.2 Å². The Hall–Kier alpha value is -2.16. The summed E-state index contributed by atoms with van der Waals surface area (Å²) in [6.07, 6.45) is 6.74. The van der Waals surface area contributed by atoms with Crippen LogP contribution in [-0.4, -0.2) is 12.1 Å². The summed E-state index contributed by atoms with van der Waals surface area (Å²) < 4.78 is 0. The van der Waals surface area contributed by atoms with Crippen molar-refractivity contribution in [2.45, 2.75) is 0 Å². The highest BCUT2D eigenvalue weighted by atomic mass is 16.1. The third-order valence-corrected chi connectivity index (χ3v) is 2.11. The van der Waals surface area contributed by atoms with Crippen LogP contribution in [0.2, 0.25) is 0 Å². The SMILES string of the molecule is NC(=O)C1=C/c2ccccc2N=C/C=C\1. The number of amides is 1. The highest BCUT2D eigenvalue weighted by Crippen LogP contribution is 2.22. The van der Waals surface area contributed by atoms with Gasteiger partial charge in [0.2, 0.25) is 5.91 Å². The molecule has 2 N–H and O–H groups in total. The smallest absolute Gasteiger partial charge is 0.248 e. The summed E-state index contributed by atoms with van der Waals surface area (Å²) >= 11 is 0. The normalized spacial score (nSPS) is 19.3. The van der Waals surface area contributed by atoms with Crippen LogP contribution in [0.15, 0.2) is 47.0 Å². The number of hydrogen-bond acceptors (Lipinski definition) is 2. The Labute approximate surface area is 87.6 Å². The van der Waals surface area contributed by atoms with Crippen molar-refractivity contribution in [1.29, 1.82) is 0 Å². The average molecular weight is 198 g/mol. The molecule has 0 aliphatic carbocycles. The van der Waals surface area contributed by atoms with Gasteiger partial charge in [-0.2, -0.15) is 0 Å². The number of nitrogens with two attached hydrogens (primary N) is 1. The van der Waals surface area contributed by atoms with E-state index in [1.807, 2.05) is 24.3 Å². The molecule has 74 valence electrons. The van der Waals surface area contributed by atoms with Gasteiger partial charge < -0.3 is 5.73 Å². The third-order valence-electron chi connectivity index (χ3n) is 2.11. The van der Waals surface area contributed by atoms with Gasteiger partial charge in [-0.3, -0.25) is 9.79 Å². The number of rotatable bonds is 1. The summed E-state index contributed by atoms with van der Waals surface area (Å²) in [7, 11) is 0. The van der Waals surface area contributed by atoms with Crippen molar-refractivity contribution in [2.75, 3.05) is 0 Å². The Morgan fingerprint density at radius 1 is 1.27 bits per heavy atom. The predicted octanol–water partition coefficient (Wildman–Crippen LogP) is 1.83. The van der Waals surface area contributed by atoms with Crippen molar-refractivity contribution >= 4 is 23.9 Å². The number of para-hydroxylation sites is 1. The second-order valence-corrected chi connectivity index (χ2v) is 3.16. The zero-order chi connectivity index (χ0) is 10.7. The quantitative estimate of drug-likeness (QED) is 0.735. The van der Waals surface area contributed by atoms with Gasteiger partial charge in [0.1, 0.15) is 0 Å². The Bertz CT molecular complexity index is 484. The number of benzene rings is 1. The molecule has 1 aromatic rings. The van der Waals surface area contributed by atoms with Crippen molar-refractivity contribution < 1.29 is 4.79 Å². The fraction of sp³-hybridized carbons (Fsp3) is 0. The number of fused-ring (bicyclic) bond motifs is 1. The largest absolute Gasteiger partial charge is 0.366 e. The zero-order valence-corrected chi connectivity index (χ0v) is 8.05. The minimum atomic E-state index is -0.434. The van der Waals surface area contributed by atoms with Gasteiger partial charge in [-0.05, 0) is 24.3 Å². The number of aliphatic imine (C=N–C) groups is 1. The second kappa shape index (κ2) is 3.92. The monoisotopic (exact) mass is 198 g/mol. The maximum absolute atomic E-state index is 11.1. The van der Waals surface area contributed by atoms with E-state index in [-0.39, 0.29) is 0 Å². The van der Waals surface area contributed by atoms with Crippen LogP contribution in [0.4, 0.5) is 5.69 Å². The molecule has 0 radical (unpaired) electrons. The fourth-order valence-corrected chi connectivity index (χ4v) is 1.37. The van der Waals surface area contributed by atoms with E-state index in [2.05, 4.69) is 4.99 Å². The lowest BCUT2D eigenvalue weighted by atomic mass is 10.1. The molecule has 2 rings (SSSR count). The molecule has 1 aliphatic heterocycles. The van der Waals surface area contributed by atoms with E-state index in [4.69, 9.17) is 5.73 Å². The second-order valence-electron chi connectivity index (χ2n) is 3.16. The fourth-order valence-electron chi connectivity index (χ4n) is 1.37. The molecule has 15 heavy (non-hydrogen) atoms. The van der Waals surface area contributed by atoms with Crippen LogP contribution in [0.1, 0.15) is 5.56 Å². The molecule has 0 saturated heterocycles. The number of primary amides is 1. The highest BCUT2D eigenvalue weighted by Gasteiger charge is 2.04. The van der Waals surface area contributed by atoms with Gasteiger partial charge in [0.05, 0.1) is 5.69 Å². The molecule has 0 saturated carbocycles. The van der Waals surface area contributed by atoms with Crippen molar-refractivity contribution in [3.05, 3.63) is 47.6 Å². The number of nitrogens with zero attached hydrogens (tertiary/aromatic N) is 1. The molecule has 1 amide bonds. The molecule has 1 aromatic carbocycles. The van der Waals surface area contributed by atoms with Gasteiger partial charge in [0, 0.05) is 17.4 Å². The number of allylic oxidation sites excluding steroid dienone is 1. The molecule has 0 fully saturated rings. The van der Waals surface area contributed by atoms with E-state index in [0.29, 0.717) is 5.57 Å². The number of carbonyl (C=O) groups excluding carboxylic acids is 1. The van der Waals surface area contributed by atoms with E-state index >= 15 is 0 Å². The van der Waals surface area contributed by atoms with E-state index in [9.17, 15) is 4.79 Å². The van der Waals surface area contributed by atoms with Gasteiger partial charge in [0.25, 0.3) is 0 Å². The van der Waals surface area contributed by atoms with Crippen LogP contribution in [-0.2, 0) is 4.79 Å². The molecule has 3 nitrogen and oxygen atoms in total. The summed E-state index contributed by atoms with van der Waals surface area (Å²) in [4.78, 5) is 15.3. The van der Waals surface area contributed by atoms with Gasteiger partial charge in [-0.25, -0.2) is 0 Å². The molecule has 1 aliphatic rings. The summed E-state index contributed by atoms with van der Waals surface area (Å²) in [6.45, 7) is 0. The van der Waals surface area contributed by atoms with Crippen LogP contribution < -0.4 is 5.73 Å². The summed E-state index contributed by atoms with van der Waals surface area (Å²) in [5, 5.41) is 0. The third kappa shape index (κ3) is 2.02. The Balaban J connectivity index is 2.56. The minimum absolute atomic E-state index is 0.434. The van der Waals surface area contributed by atoms with Crippen LogP contribution in [0.25, 0.3) is 6.08 Å². The summed E-state index contributed by atoms with van der Waals surface area (Å²) in [5.41, 5.74) is 7.45. The van der Waals surface area contributed by atoms with Crippen molar-refractivity contribution in [1.82, 2.24) is 0 Å². The summed E-state index contributed by atoms with van der Waals surface area (Å²) in [5.74, 6) is -0.434. The van der Waals surface area contributed by atoms with E-state index in [1.165, 1.54) is 0 Å². The van der Waals surface area contributed by atoms with Crippen LogP contribution >= 0.6 is 0 Å². The molecule has 3 heteroatoms. The minimum Gasteiger partial charge on any atom is -0.366 e. The number of hydrogen-bond donors (Lipinski definition) is 1. The van der Waals surface area contributed by atoms with Crippen molar-refractivity contribution in [3.63, 3.8) is 0 Å². The van der Waals surface area contributed by atoms with Gasteiger partial charge >= 0.3 is 0 Å². The highest BCUT2D eigenvalue weighted by molar-refractivity contribution is 6.01. The molecular formula is C12H10N2O. The topological polar surface area (TPSA) is 55.5 Å². The molecule has 0 bridgehead atoms. The van der Waals surface area contributed by atoms with Crippen molar-refractivity contribution in [2.24, 2.45) is 10.7 Å². The lowest BCUT2D eigenvalue weighted by Crippen LogP contribution is -2.12. The first-order chi connectivity index (χ1) is 7.27. The first-order valence-corrected chi connectivity index (χ1v) is 4.58. The first kappa shape index (κ1) is 9.40. The van der Waals surface area contributed by atoms with Crippen LogP contribution in [0, 0.1) is 0 Å². The number of carbonyl (C=O) groups is 1. The predicted molar refractivity (Wildman–Crippen MR) is 60.9 cm³/mol. The van der Waals surface area contributed by atoms with Gasteiger partial charge in [-0.15, -0.1) is 0 Å². The Kier molecular flexibility index (Phi) is 2.46. The summed E-state index contributed by atoms with van der Waals surface area (Å²) in [6, 6.07) is 7.59. The van der Waals surface area contributed by atoms with Crippen molar-refractivity contribution in [3.8, 4) is 0 Å². The standard InChI is InChI=1S/C12H10N2O/c13-12(15)10-5-3-7-14-11-6-2-1-4-9(11)8-10/h1-8H,(H2,13,15)/b5-3-,7-3?,9-8?,10-5?,10-8+,14-7?,14-11?. The molecule has 1 heterocycles. The lowest BCUT2D eigenvalue weighted by molar-refractivity contribution is -0.114. The lowest BCUT2D eigenvalue weighted by Gasteiger charge is -2.03. The Morgan fingerprint density at radius 3 is 2.87 bits per heavy atom. The Morgan fingerprint density at radius 2 is 2.07 bits per heavy atom. The van der Waals surface area contributed by atoms with E-state index < -0.39 is 5.91 Å². The molecule has 0 unspecified atom stereocenters. The van der Waals surface area contributed by atoms with Crippen LogP contribution in [0.3, 0.4) is 0 Å². The average Bonchev–Trinajstić information content (AvgIpc) is 2.18. The molecule has 0 spiro atoms. The van der Waals surface area contributed by atoms with Gasteiger partial charge in [0.15, 0.2) is 0 Å². The first-order valence-electron chi connectivity index (χ1n) is 4.58. The molecule has 0 aromatic heterocycles. The van der Waals surface area contributed by atoms with Crippen LogP contribution in [0.5, 0.6) is 0 Å². The molecule has 0 atom stereocenters. The maximum Gasteiger partial charge on any atom is 0.248 e. The van der Waals surface area contributed by atoms with E-state index in [0.717, 1.165) is 11.3 Å². The van der Waals surface area contributed by atoms with E-state index in [1.54, 1.807) is 24.4 Å².